The number of benzene rings is 1. The zero-order valence-electron chi connectivity index (χ0n) is 13.0. The number of imide groups is 1. The van der Waals surface area contributed by atoms with Crippen LogP contribution in [0.1, 0.15) is 17.0 Å². The van der Waals surface area contributed by atoms with Crippen LogP contribution in [0, 0.1) is 17.4 Å². The van der Waals surface area contributed by atoms with Gasteiger partial charge in [0, 0.05) is 27.7 Å². The molecule has 2 aromatic rings. The van der Waals surface area contributed by atoms with Gasteiger partial charge in [-0.1, -0.05) is 6.07 Å². The van der Waals surface area contributed by atoms with Crippen molar-refractivity contribution in [3.8, 4) is 5.69 Å². The summed E-state index contributed by atoms with van der Waals surface area (Å²) in [6.45, 7) is 4.06. The van der Waals surface area contributed by atoms with Gasteiger partial charge in [-0.05, 0) is 84.1 Å². The summed E-state index contributed by atoms with van der Waals surface area (Å²) in [5.41, 5.74) is 4.19. The number of carbonyl (C=O) groups excluding carboxylic acids is 2. The molecule has 0 spiro atoms. The number of hydrogen-bond acceptors (Lipinski definition) is 3. The van der Waals surface area contributed by atoms with Crippen molar-refractivity contribution in [2.45, 2.75) is 13.8 Å². The number of aromatic nitrogens is 1. The summed E-state index contributed by atoms with van der Waals surface area (Å²) in [6, 6.07) is 10.3. The molecule has 1 saturated heterocycles. The van der Waals surface area contributed by atoms with Crippen LogP contribution in [0.4, 0.5) is 4.79 Å². The van der Waals surface area contributed by atoms with E-state index in [1.54, 1.807) is 6.08 Å². The van der Waals surface area contributed by atoms with Crippen molar-refractivity contribution in [1.29, 1.82) is 0 Å². The topological polar surface area (TPSA) is 42.3 Å². The van der Waals surface area contributed by atoms with Crippen molar-refractivity contribution in [1.82, 2.24) is 9.47 Å². The van der Waals surface area contributed by atoms with Crippen LogP contribution >= 0.6 is 34.4 Å². The fourth-order valence-electron chi connectivity index (χ4n) is 2.63. The minimum Gasteiger partial charge on any atom is -0.318 e. The Balaban J connectivity index is 2.06. The number of carbonyl (C=O) groups is 2. The van der Waals surface area contributed by atoms with Crippen LogP contribution in [0.2, 0.25) is 0 Å². The first-order chi connectivity index (χ1) is 10.9. The number of halogens is 1. The third-order valence-electron chi connectivity index (χ3n) is 3.81. The van der Waals surface area contributed by atoms with E-state index in [1.807, 2.05) is 26.0 Å². The Morgan fingerprint density at radius 3 is 2.52 bits per heavy atom. The molecule has 2 heterocycles. The molecule has 0 radical (unpaired) electrons. The van der Waals surface area contributed by atoms with Crippen molar-refractivity contribution in [3.63, 3.8) is 0 Å². The molecule has 4 nitrogen and oxygen atoms in total. The van der Waals surface area contributed by atoms with Crippen LogP contribution in [0.25, 0.3) is 11.8 Å². The lowest BCUT2D eigenvalue weighted by atomic mass is 10.2. The Morgan fingerprint density at radius 1 is 1.17 bits per heavy atom. The van der Waals surface area contributed by atoms with Gasteiger partial charge in [0.25, 0.3) is 11.1 Å². The molecule has 1 fully saturated rings. The zero-order valence-corrected chi connectivity index (χ0v) is 15.9. The highest BCUT2D eigenvalue weighted by Crippen LogP contribution is 2.32. The lowest BCUT2D eigenvalue weighted by Gasteiger charge is -2.10. The van der Waals surface area contributed by atoms with Gasteiger partial charge in [-0.25, -0.2) is 0 Å². The Bertz CT molecular complexity index is 854. The molecule has 23 heavy (non-hydrogen) atoms. The average Bonchev–Trinajstić information content (AvgIpc) is 2.91. The van der Waals surface area contributed by atoms with Crippen molar-refractivity contribution in [2.75, 3.05) is 7.05 Å². The van der Waals surface area contributed by atoms with Gasteiger partial charge in [-0.2, -0.15) is 0 Å². The molecule has 0 saturated carbocycles. The van der Waals surface area contributed by atoms with E-state index in [9.17, 15) is 9.59 Å². The van der Waals surface area contributed by atoms with E-state index >= 15 is 0 Å². The van der Waals surface area contributed by atoms with Gasteiger partial charge < -0.3 is 4.57 Å². The first kappa shape index (κ1) is 16.3. The van der Waals surface area contributed by atoms with Crippen molar-refractivity contribution < 1.29 is 9.59 Å². The highest BCUT2D eigenvalue weighted by atomic mass is 127. The van der Waals surface area contributed by atoms with E-state index in [0.29, 0.717) is 4.91 Å². The zero-order chi connectivity index (χ0) is 16.7. The summed E-state index contributed by atoms with van der Waals surface area (Å²) in [5.74, 6) is -0.237. The average molecular weight is 438 g/mol. The molecular weight excluding hydrogens is 423 g/mol. The molecule has 0 bridgehead atoms. The molecule has 0 atom stereocenters. The van der Waals surface area contributed by atoms with Crippen molar-refractivity contribution >= 4 is 51.6 Å². The van der Waals surface area contributed by atoms with Crippen LogP contribution < -0.4 is 0 Å². The Morgan fingerprint density at radius 2 is 1.91 bits per heavy atom. The molecule has 0 unspecified atom stereocenters. The fraction of sp³-hybridized carbons (Fsp3) is 0.176. The summed E-state index contributed by atoms with van der Waals surface area (Å²) in [6.07, 6.45) is 1.81. The lowest BCUT2D eigenvalue weighted by molar-refractivity contribution is -0.121. The highest BCUT2D eigenvalue weighted by molar-refractivity contribution is 14.1. The van der Waals surface area contributed by atoms with Gasteiger partial charge in [0.05, 0.1) is 4.91 Å². The van der Waals surface area contributed by atoms with Gasteiger partial charge in [0.1, 0.15) is 0 Å². The van der Waals surface area contributed by atoms with Gasteiger partial charge in [0.15, 0.2) is 0 Å². The maximum Gasteiger partial charge on any atom is 0.293 e. The van der Waals surface area contributed by atoms with E-state index in [2.05, 4.69) is 45.4 Å². The molecule has 0 N–H and O–H groups in total. The Kier molecular flexibility index (Phi) is 4.37. The van der Waals surface area contributed by atoms with Gasteiger partial charge >= 0.3 is 0 Å². The first-order valence-corrected chi connectivity index (χ1v) is 8.94. The molecule has 1 aliphatic rings. The quantitative estimate of drug-likeness (QED) is 0.517. The standard InChI is InChI=1S/C17H15IN2O2S/c1-10-7-12(8-15-16(21)19(3)17(22)23-15)11(2)20(10)14-6-4-5-13(18)9-14/h4-9H,1-3H3/b15-8-. The molecule has 1 aliphatic heterocycles. The Labute approximate surface area is 152 Å². The molecule has 0 aliphatic carbocycles. The van der Waals surface area contributed by atoms with Crippen LogP contribution in [0.15, 0.2) is 35.2 Å². The summed E-state index contributed by atoms with van der Waals surface area (Å²) < 4.78 is 3.32. The molecule has 2 amide bonds. The van der Waals surface area contributed by atoms with Crippen LogP contribution in [-0.2, 0) is 4.79 Å². The molecule has 6 heteroatoms. The number of aryl methyl sites for hydroxylation is 1. The maximum atomic E-state index is 12.0. The normalized spacial score (nSPS) is 16.7. The second-order valence-electron chi connectivity index (χ2n) is 5.38. The van der Waals surface area contributed by atoms with Crippen molar-refractivity contribution in [2.24, 2.45) is 0 Å². The van der Waals surface area contributed by atoms with E-state index in [-0.39, 0.29) is 11.1 Å². The SMILES string of the molecule is Cc1cc(/C=C2\SC(=O)N(C)C2=O)c(C)n1-c1cccc(I)c1. The summed E-state index contributed by atoms with van der Waals surface area (Å²) in [4.78, 5) is 25.3. The largest absolute Gasteiger partial charge is 0.318 e. The number of likely N-dealkylation sites (N-methyl/N-ethyl adjacent to an activating group) is 1. The van der Waals surface area contributed by atoms with E-state index in [0.717, 1.165) is 39.3 Å². The summed E-state index contributed by atoms with van der Waals surface area (Å²) >= 11 is 3.28. The van der Waals surface area contributed by atoms with Gasteiger partial charge in [-0.3, -0.25) is 14.5 Å². The maximum absolute atomic E-state index is 12.0. The Hall–Kier alpha value is -1.54. The smallest absolute Gasteiger partial charge is 0.293 e. The van der Waals surface area contributed by atoms with Crippen molar-refractivity contribution in [3.05, 3.63) is 55.8 Å². The third-order valence-corrected chi connectivity index (χ3v) is 5.44. The minimum atomic E-state index is -0.237. The second kappa shape index (κ2) is 6.16. The molecule has 1 aromatic heterocycles. The predicted octanol–water partition coefficient (Wildman–Crippen LogP) is 4.36. The number of amides is 2. The molecular formula is C17H15IN2O2S. The van der Waals surface area contributed by atoms with Gasteiger partial charge in [-0.15, -0.1) is 0 Å². The van der Waals surface area contributed by atoms with E-state index < -0.39 is 0 Å². The van der Waals surface area contributed by atoms with Crippen LogP contribution in [0.3, 0.4) is 0 Å². The first-order valence-electron chi connectivity index (χ1n) is 7.05. The van der Waals surface area contributed by atoms with E-state index in [1.165, 1.54) is 10.6 Å². The number of rotatable bonds is 2. The minimum absolute atomic E-state index is 0.229. The number of hydrogen-bond donors (Lipinski definition) is 0. The van der Waals surface area contributed by atoms with Gasteiger partial charge in [0.2, 0.25) is 0 Å². The monoisotopic (exact) mass is 438 g/mol. The molecule has 118 valence electrons. The van der Waals surface area contributed by atoms with E-state index in [4.69, 9.17) is 0 Å². The number of nitrogens with zero attached hydrogens (tertiary/aromatic N) is 2. The molecule has 1 aromatic carbocycles. The summed E-state index contributed by atoms with van der Waals surface area (Å²) in [7, 11) is 1.51. The van der Waals surface area contributed by atoms with Crippen LogP contribution in [0.5, 0.6) is 0 Å². The third kappa shape index (κ3) is 2.97. The second-order valence-corrected chi connectivity index (χ2v) is 7.62. The lowest BCUT2D eigenvalue weighted by Crippen LogP contribution is -2.22. The number of thioether (sulfide) groups is 1. The summed E-state index contributed by atoms with van der Waals surface area (Å²) in [5, 5.41) is -0.229. The highest BCUT2D eigenvalue weighted by Gasteiger charge is 2.32. The fourth-order valence-corrected chi connectivity index (χ4v) is 3.98. The predicted molar refractivity (Wildman–Crippen MR) is 102 cm³/mol. The molecule has 3 rings (SSSR count). The van der Waals surface area contributed by atoms with Crippen LogP contribution in [-0.4, -0.2) is 27.7 Å².